The van der Waals surface area contributed by atoms with Crippen molar-refractivity contribution in [3.05, 3.63) is 65.0 Å². The van der Waals surface area contributed by atoms with Gasteiger partial charge in [0.2, 0.25) is 0 Å². The lowest BCUT2D eigenvalue weighted by atomic mass is 9.57. The molecule has 1 fully saturated rings. The topological polar surface area (TPSA) is 62.2 Å². The molecule has 0 spiro atoms. The molecule has 1 amide bonds. The summed E-state index contributed by atoms with van der Waals surface area (Å²) in [4.78, 5) is 17.1. The minimum Gasteiger partial charge on any atom is -0.377 e. The van der Waals surface area contributed by atoms with Crippen molar-refractivity contribution in [1.29, 1.82) is 0 Å². The van der Waals surface area contributed by atoms with Crippen molar-refractivity contribution in [2.24, 2.45) is 17.3 Å². The Balaban J connectivity index is 1.43. The lowest BCUT2D eigenvalue weighted by Crippen LogP contribution is -2.47. The molecule has 5 rings (SSSR count). The third-order valence-corrected chi connectivity index (χ3v) is 8.20. The zero-order chi connectivity index (χ0) is 22.5. The van der Waals surface area contributed by atoms with Crippen LogP contribution in [0.2, 0.25) is 0 Å². The van der Waals surface area contributed by atoms with Crippen LogP contribution < -0.4 is 5.32 Å². The van der Waals surface area contributed by atoms with E-state index in [9.17, 15) is 9.90 Å². The molecule has 0 bridgehead atoms. The lowest BCUT2D eigenvalue weighted by Gasteiger charge is -2.48. The van der Waals surface area contributed by atoms with Gasteiger partial charge in [0.25, 0.3) is 5.91 Å². The predicted octanol–water partition coefficient (Wildman–Crippen LogP) is 5.16. The van der Waals surface area contributed by atoms with E-state index in [-0.39, 0.29) is 11.3 Å². The largest absolute Gasteiger partial charge is 0.377 e. The first-order valence-corrected chi connectivity index (χ1v) is 11.6. The number of anilines is 1. The maximum atomic E-state index is 12.9. The second-order valence-corrected chi connectivity index (χ2v) is 9.77. The minimum atomic E-state index is -0.888. The number of fused-ring (bicyclic) bond motifs is 5. The number of carbonyl (C=O) groups is 1. The molecule has 1 saturated carbocycles. The number of amides is 1. The summed E-state index contributed by atoms with van der Waals surface area (Å²) in [5.41, 5.74) is 5.07. The van der Waals surface area contributed by atoms with Gasteiger partial charge in [-0.2, -0.15) is 0 Å². The van der Waals surface area contributed by atoms with Crippen LogP contribution in [0.1, 0.15) is 66.7 Å². The number of pyridine rings is 1. The summed E-state index contributed by atoms with van der Waals surface area (Å²) in [6.45, 7) is 5.94. The molecular weight excluding hydrogens is 396 g/mol. The number of carbonyl (C=O) groups excluding carboxylic acids is 1. The normalized spacial score (nSPS) is 30.2. The zero-order valence-corrected chi connectivity index (χ0v) is 19.0. The van der Waals surface area contributed by atoms with E-state index >= 15 is 0 Å². The fourth-order valence-corrected chi connectivity index (χ4v) is 6.35. The molecule has 0 unspecified atom stereocenters. The van der Waals surface area contributed by atoms with Crippen molar-refractivity contribution in [3.8, 4) is 11.8 Å². The molecule has 1 heterocycles. The Morgan fingerprint density at radius 1 is 1.28 bits per heavy atom. The summed E-state index contributed by atoms with van der Waals surface area (Å²) in [6.07, 6.45) is 8.69. The van der Waals surface area contributed by atoms with Gasteiger partial charge in [-0.15, -0.1) is 5.92 Å². The summed E-state index contributed by atoms with van der Waals surface area (Å²) >= 11 is 0. The van der Waals surface area contributed by atoms with E-state index in [1.165, 1.54) is 16.7 Å². The van der Waals surface area contributed by atoms with Gasteiger partial charge in [0, 0.05) is 17.2 Å². The van der Waals surface area contributed by atoms with Crippen LogP contribution in [0, 0.1) is 36.0 Å². The highest BCUT2D eigenvalue weighted by atomic mass is 16.3. The Hall–Kier alpha value is -2.90. The molecule has 2 N–H and O–H groups in total. The number of aromatic nitrogens is 1. The maximum Gasteiger partial charge on any atom is 0.255 e. The van der Waals surface area contributed by atoms with Gasteiger partial charge in [-0.3, -0.25) is 9.78 Å². The first kappa shape index (κ1) is 21.0. The van der Waals surface area contributed by atoms with Gasteiger partial charge in [-0.25, -0.2) is 0 Å². The van der Waals surface area contributed by atoms with E-state index in [2.05, 4.69) is 47.3 Å². The minimum absolute atomic E-state index is 0.102. The Bertz CT molecular complexity index is 1190. The molecule has 4 atom stereocenters. The molecular formula is C28H30N2O2. The average Bonchev–Trinajstić information content (AvgIpc) is 3.05. The van der Waals surface area contributed by atoms with Crippen LogP contribution in [0.5, 0.6) is 0 Å². The fourth-order valence-electron chi connectivity index (χ4n) is 6.35. The van der Waals surface area contributed by atoms with E-state index in [0.717, 1.165) is 43.5 Å². The summed E-state index contributed by atoms with van der Waals surface area (Å²) < 4.78 is 0. The molecule has 0 aliphatic heterocycles. The van der Waals surface area contributed by atoms with Gasteiger partial charge in [-0.1, -0.05) is 25.0 Å². The number of aliphatic hydroxyl groups is 1. The molecule has 3 aliphatic carbocycles. The van der Waals surface area contributed by atoms with E-state index < -0.39 is 5.60 Å². The van der Waals surface area contributed by atoms with Crippen molar-refractivity contribution < 1.29 is 9.90 Å². The van der Waals surface area contributed by atoms with Gasteiger partial charge < -0.3 is 10.4 Å². The molecule has 4 heteroatoms. The van der Waals surface area contributed by atoms with Gasteiger partial charge in [0.1, 0.15) is 5.60 Å². The number of nitrogens with one attached hydrogen (secondary N) is 1. The van der Waals surface area contributed by atoms with Crippen LogP contribution >= 0.6 is 0 Å². The third kappa shape index (κ3) is 3.11. The van der Waals surface area contributed by atoms with Crippen molar-refractivity contribution >= 4 is 17.2 Å². The van der Waals surface area contributed by atoms with Gasteiger partial charge >= 0.3 is 0 Å². The van der Waals surface area contributed by atoms with Crippen LogP contribution in [-0.2, 0) is 6.42 Å². The molecule has 1 aromatic carbocycles. The van der Waals surface area contributed by atoms with E-state index in [0.29, 0.717) is 17.4 Å². The zero-order valence-electron chi connectivity index (χ0n) is 19.0. The van der Waals surface area contributed by atoms with E-state index in [4.69, 9.17) is 0 Å². The Morgan fingerprint density at radius 3 is 2.91 bits per heavy atom. The van der Waals surface area contributed by atoms with Gasteiger partial charge in [0.05, 0.1) is 11.4 Å². The predicted molar refractivity (Wildman–Crippen MR) is 127 cm³/mol. The summed E-state index contributed by atoms with van der Waals surface area (Å²) in [7, 11) is 0. The first-order valence-electron chi connectivity index (χ1n) is 11.6. The standard InChI is InChI=1S/C28H30N2O2/c1-4-13-28(32)15-12-24-23-10-7-19-17-20(26(31)30-25-6-5-16-29-18(25)2)8-9-21(19)22(23)11-14-27(24,28)3/h5-6,8-9,11,16-17,23-24,32H,7,10,12,14-15H2,1-3H3,(H,30,31)/t23-,24+,27+,28+/m1/s1. The maximum absolute atomic E-state index is 12.9. The van der Waals surface area contributed by atoms with Crippen LogP contribution in [0.15, 0.2) is 42.6 Å². The third-order valence-electron chi connectivity index (χ3n) is 8.20. The molecule has 4 nitrogen and oxygen atoms in total. The molecule has 1 aromatic heterocycles. The Labute approximate surface area is 190 Å². The smallest absolute Gasteiger partial charge is 0.255 e. The number of rotatable bonds is 2. The number of benzene rings is 1. The second kappa shape index (κ2) is 7.60. The lowest BCUT2D eigenvalue weighted by molar-refractivity contribution is -0.0301. The Morgan fingerprint density at radius 2 is 2.12 bits per heavy atom. The van der Waals surface area contributed by atoms with Crippen LogP contribution in [0.25, 0.3) is 5.57 Å². The molecule has 0 radical (unpaired) electrons. The first-order chi connectivity index (χ1) is 15.4. The molecule has 164 valence electrons. The van der Waals surface area contributed by atoms with Gasteiger partial charge in [0.15, 0.2) is 0 Å². The highest BCUT2D eigenvalue weighted by Crippen LogP contribution is 2.62. The summed E-state index contributed by atoms with van der Waals surface area (Å²) in [6, 6.07) is 9.81. The summed E-state index contributed by atoms with van der Waals surface area (Å²) in [5.74, 6) is 6.91. The van der Waals surface area contributed by atoms with E-state index in [1.54, 1.807) is 6.20 Å². The summed E-state index contributed by atoms with van der Waals surface area (Å²) in [5, 5.41) is 14.3. The number of allylic oxidation sites excluding steroid dienone is 2. The van der Waals surface area contributed by atoms with E-state index in [1.807, 2.05) is 32.0 Å². The number of aryl methyl sites for hydroxylation is 2. The van der Waals surface area contributed by atoms with Crippen molar-refractivity contribution in [2.45, 2.75) is 58.5 Å². The molecule has 0 saturated heterocycles. The molecule has 3 aliphatic rings. The fraction of sp³-hybridized carbons (Fsp3) is 0.429. The SMILES string of the molecule is CC#C[C@]1(O)CC[C@H]2[C@@H]3CCc4cc(C(=O)Nc5cccnc5C)ccc4C3=CC[C@@]21C. The Kier molecular flexibility index (Phi) is 4.98. The van der Waals surface area contributed by atoms with Crippen LogP contribution in [0.4, 0.5) is 5.69 Å². The monoisotopic (exact) mass is 426 g/mol. The number of hydrogen-bond acceptors (Lipinski definition) is 3. The van der Waals surface area contributed by atoms with Gasteiger partial charge in [-0.05, 0) is 98.8 Å². The molecule has 32 heavy (non-hydrogen) atoms. The molecule has 2 aromatic rings. The van der Waals surface area contributed by atoms with Crippen molar-refractivity contribution in [1.82, 2.24) is 4.98 Å². The van der Waals surface area contributed by atoms with Crippen molar-refractivity contribution in [2.75, 3.05) is 5.32 Å². The quantitative estimate of drug-likeness (QED) is 0.652. The number of nitrogens with zero attached hydrogens (tertiary/aromatic N) is 1. The highest BCUT2D eigenvalue weighted by Gasteiger charge is 2.59. The van der Waals surface area contributed by atoms with Crippen LogP contribution in [-0.4, -0.2) is 21.6 Å². The van der Waals surface area contributed by atoms with Crippen molar-refractivity contribution in [3.63, 3.8) is 0 Å². The van der Waals surface area contributed by atoms with Crippen LogP contribution in [0.3, 0.4) is 0 Å². The number of hydrogen-bond donors (Lipinski definition) is 2. The average molecular weight is 427 g/mol. The highest BCUT2D eigenvalue weighted by molar-refractivity contribution is 6.05. The second-order valence-electron chi connectivity index (χ2n) is 9.77.